The normalized spacial score (nSPS) is 19.9. The highest BCUT2D eigenvalue weighted by Gasteiger charge is 2.35. The summed E-state index contributed by atoms with van der Waals surface area (Å²) in [4.78, 5) is 18.9. The maximum absolute atomic E-state index is 13.9. The molecule has 1 aliphatic rings. The highest BCUT2D eigenvalue weighted by Crippen LogP contribution is 2.26. The molecule has 2 atom stereocenters. The minimum absolute atomic E-state index is 0.00163. The second-order valence-corrected chi connectivity index (χ2v) is 6.57. The molecule has 3 aromatic rings. The summed E-state index contributed by atoms with van der Waals surface area (Å²) in [5, 5.41) is 4.12. The number of hydrogen-bond donors (Lipinski definition) is 1. The van der Waals surface area contributed by atoms with Crippen LogP contribution in [-0.4, -0.2) is 49.3 Å². The van der Waals surface area contributed by atoms with Gasteiger partial charge in [0.05, 0.1) is 23.8 Å². The number of nitrogens with zero attached hydrogens (tertiary/aromatic N) is 5. The predicted molar refractivity (Wildman–Crippen MR) is 93.3 cm³/mol. The van der Waals surface area contributed by atoms with E-state index in [9.17, 15) is 9.18 Å². The average molecular weight is 354 g/mol. The molecule has 0 spiro atoms. The molecule has 1 aromatic carbocycles. The number of hydrogen-bond acceptors (Lipinski definition) is 4. The summed E-state index contributed by atoms with van der Waals surface area (Å²) in [6.07, 6.45) is 6.65. The summed E-state index contributed by atoms with van der Waals surface area (Å²) in [5.41, 5.74) is 7.82. The van der Waals surface area contributed by atoms with Crippen LogP contribution >= 0.6 is 0 Å². The van der Waals surface area contributed by atoms with E-state index in [1.807, 2.05) is 17.8 Å². The van der Waals surface area contributed by atoms with E-state index < -0.39 is 5.82 Å². The molecule has 134 valence electrons. The van der Waals surface area contributed by atoms with Gasteiger partial charge in [0.25, 0.3) is 5.91 Å². The van der Waals surface area contributed by atoms with Crippen LogP contribution in [0.1, 0.15) is 22.0 Å². The minimum atomic E-state index is -0.395. The van der Waals surface area contributed by atoms with E-state index in [1.165, 1.54) is 16.9 Å². The van der Waals surface area contributed by atoms with Crippen molar-refractivity contribution in [2.75, 3.05) is 13.1 Å². The summed E-state index contributed by atoms with van der Waals surface area (Å²) in [5.74, 6) is -0.559. The van der Waals surface area contributed by atoms with Gasteiger partial charge in [0.1, 0.15) is 11.5 Å². The van der Waals surface area contributed by atoms with E-state index in [0.717, 1.165) is 5.69 Å². The third kappa shape index (κ3) is 2.88. The number of benzene rings is 1. The van der Waals surface area contributed by atoms with Crippen molar-refractivity contribution < 1.29 is 9.18 Å². The van der Waals surface area contributed by atoms with Crippen molar-refractivity contribution in [2.45, 2.75) is 12.0 Å². The monoisotopic (exact) mass is 354 g/mol. The number of rotatable bonds is 3. The van der Waals surface area contributed by atoms with Crippen molar-refractivity contribution >= 4 is 5.91 Å². The van der Waals surface area contributed by atoms with Gasteiger partial charge in [0.15, 0.2) is 0 Å². The Balaban J connectivity index is 1.53. The lowest BCUT2D eigenvalue weighted by Crippen LogP contribution is -2.32. The molecule has 26 heavy (non-hydrogen) atoms. The molecule has 8 heteroatoms. The Morgan fingerprint density at radius 3 is 2.81 bits per heavy atom. The third-order valence-corrected chi connectivity index (χ3v) is 4.69. The number of carbonyl (C=O) groups is 1. The fourth-order valence-electron chi connectivity index (χ4n) is 3.32. The topological polar surface area (TPSA) is 82.0 Å². The Kier molecular flexibility index (Phi) is 4.04. The van der Waals surface area contributed by atoms with Gasteiger partial charge in [-0.05, 0) is 12.1 Å². The average Bonchev–Trinajstić information content (AvgIpc) is 3.34. The van der Waals surface area contributed by atoms with Gasteiger partial charge in [0, 0.05) is 44.5 Å². The van der Waals surface area contributed by atoms with Crippen LogP contribution in [0.5, 0.6) is 0 Å². The first-order chi connectivity index (χ1) is 12.5. The summed E-state index contributed by atoms with van der Waals surface area (Å²) in [6, 6.07) is 6.13. The highest BCUT2D eigenvalue weighted by atomic mass is 19.1. The number of nitrogens with two attached hydrogens (primary N) is 1. The molecule has 0 radical (unpaired) electrons. The first kappa shape index (κ1) is 16.5. The largest absolute Gasteiger partial charge is 0.340 e. The predicted octanol–water partition coefficient (Wildman–Crippen LogP) is 1.31. The Morgan fingerprint density at radius 2 is 2.08 bits per heavy atom. The van der Waals surface area contributed by atoms with E-state index in [0.29, 0.717) is 24.3 Å². The first-order valence-electron chi connectivity index (χ1n) is 8.35. The molecule has 1 aliphatic heterocycles. The van der Waals surface area contributed by atoms with Crippen LogP contribution in [0.2, 0.25) is 0 Å². The van der Waals surface area contributed by atoms with Gasteiger partial charge >= 0.3 is 0 Å². The molecule has 0 unspecified atom stereocenters. The van der Waals surface area contributed by atoms with E-state index in [4.69, 9.17) is 5.73 Å². The van der Waals surface area contributed by atoms with Gasteiger partial charge in [-0.2, -0.15) is 5.10 Å². The van der Waals surface area contributed by atoms with Crippen molar-refractivity contribution in [3.05, 3.63) is 66.3 Å². The molecule has 1 fully saturated rings. The Morgan fingerprint density at radius 1 is 1.27 bits per heavy atom. The molecule has 2 aromatic heterocycles. The van der Waals surface area contributed by atoms with Crippen LogP contribution in [0.25, 0.3) is 5.69 Å². The second kappa shape index (κ2) is 6.38. The molecule has 7 nitrogen and oxygen atoms in total. The zero-order valence-electron chi connectivity index (χ0n) is 14.3. The number of halogens is 1. The standard InChI is InChI=1S/C18H19FN6O/c1-23-10-16(21-11-23)13-8-24(9-15(13)20)18(26)12-6-22-25(7-12)17-5-3-2-4-14(17)19/h2-7,10-11,13,15H,8-9,20H2,1H3/t13-,15-/m1/s1. The molecule has 1 amide bonds. The molecule has 4 rings (SSSR count). The number of aryl methyl sites for hydroxylation is 1. The van der Waals surface area contributed by atoms with Gasteiger partial charge < -0.3 is 15.2 Å². The van der Waals surface area contributed by atoms with Gasteiger partial charge in [0.2, 0.25) is 0 Å². The van der Waals surface area contributed by atoms with Gasteiger partial charge in [-0.15, -0.1) is 0 Å². The van der Waals surface area contributed by atoms with Crippen molar-refractivity contribution in [3.8, 4) is 5.69 Å². The minimum Gasteiger partial charge on any atom is -0.340 e. The quantitative estimate of drug-likeness (QED) is 0.769. The van der Waals surface area contributed by atoms with Crippen LogP contribution < -0.4 is 5.73 Å². The molecule has 0 bridgehead atoms. The Labute approximate surface area is 149 Å². The van der Waals surface area contributed by atoms with E-state index >= 15 is 0 Å². The molecule has 3 heterocycles. The molecule has 1 saturated heterocycles. The SMILES string of the molecule is Cn1cnc([C@@H]2CN(C(=O)c3cnn(-c4ccccc4F)c3)C[C@H]2N)c1. The van der Waals surface area contributed by atoms with Crippen LogP contribution in [0.3, 0.4) is 0 Å². The zero-order chi connectivity index (χ0) is 18.3. The smallest absolute Gasteiger partial charge is 0.257 e. The highest BCUT2D eigenvalue weighted by molar-refractivity contribution is 5.94. The summed E-state index contributed by atoms with van der Waals surface area (Å²) < 4.78 is 17.1. The van der Waals surface area contributed by atoms with Crippen molar-refractivity contribution in [3.63, 3.8) is 0 Å². The lowest BCUT2D eigenvalue weighted by molar-refractivity contribution is 0.0789. The molecular weight excluding hydrogens is 335 g/mol. The summed E-state index contributed by atoms with van der Waals surface area (Å²) in [7, 11) is 1.90. The molecule has 0 saturated carbocycles. The number of imidazole rings is 1. The number of para-hydroxylation sites is 1. The third-order valence-electron chi connectivity index (χ3n) is 4.69. The Hall–Kier alpha value is -3.00. The van der Waals surface area contributed by atoms with Crippen molar-refractivity contribution in [1.29, 1.82) is 0 Å². The fourth-order valence-corrected chi connectivity index (χ4v) is 3.32. The molecular formula is C18H19FN6O. The van der Waals surface area contributed by atoms with Gasteiger partial charge in [-0.25, -0.2) is 14.1 Å². The number of carbonyl (C=O) groups excluding carboxylic acids is 1. The first-order valence-corrected chi connectivity index (χ1v) is 8.35. The van der Waals surface area contributed by atoms with Crippen LogP contribution in [-0.2, 0) is 7.05 Å². The maximum Gasteiger partial charge on any atom is 0.257 e. The Bertz CT molecular complexity index is 949. The van der Waals surface area contributed by atoms with Crippen molar-refractivity contribution in [2.24, 2.45) is 12.8 Å². The lowest BCUT2D eigenvalue weighted by Gasteiger charge is -2.14. The fraction of sp³-hybridized carbons (Fsp3) is 0.278. The van der Waals surface area contributed by atoms with Gasteiger partial charge in [-0.1, -0.05) is 12.1 Å². The summed E-state index contributed by atoms with van der Waals surface area (Å²) in [6.45, 7) is 0.951. The van der Waals surface area contributed by atoms with E-state index in [-0.39, 0.29) is 17.9 Å². The van der Waals surface area contributed by atoms with Crippen molar-refractivity contribution in [1.82, 2.24) is 24.2 Å². The molecule has 2 N–H and O–H groups in total. The number of amides is 1. The van der Waals surface area contributed by atoms with Crippen LogP contribution in [0, 0.1) is 5.82 Å². The van der Waals surface area contributed by atoms with E-state index in [1.54, 1.807) is 35.6 Å². The maximum atomic E-state index is 13.9. The van der Waals surface area contributed by atoms with Gasteiger partial charge in [-0.3, -0.25) is 4.79 Å². The second-order valence-electron chi connectivity index (χ2n) is 6.57. The molecule has 0 aliphatic carbocycles. The van der Waals surface area contributed by atoms with E-state index in [2.05, 4.69) is 10.1 Å². The number of likely N-dealkylation sites (tertiary alicyclic amines) is 1. The van der Waals surface area contributed by atoms with Crippen LogP contribution in [0.4, 0.5) is 4.39 Å². The zero-order valence-corrected chi connectivity index (χ0v) is 14.3. The lowest BCUT2D eigenvalue weighted by atomic mass is 10.0. The summed E-state index contributed by atoms with van der Waals surface area (Å²) >= 11 is 0. The number of aromatic nitrogens is 4. The van der Waals surface area contributed by atoms with Crippen LogP contribution in [0.15, 0.2) is 49.2 Å².